The molecule has 1 aliphatic rings. The lowest BCUT2D eigenvalue weighted by molar-refractivity contribution is 0.0697. The number of carbonyl (C=O) groups excluding carboxylic acids is 1. The summed E-state index contributed by atoms with van der Waals surface area (Å²) in [4.78, 5) is 33.5. The smallest absolute Gasteiger partial charge is 0.337 e. The number of rotatable bonds is 10. The van der Waals surface area contributed by atoms with Crippen molar-refractivity contribution in [3.8, 4) is 11.3 Å². The molecular formula is C27H32N4O3. The fourth-order valence-corrected chi connectivity index (χ4v) is 4.62. The summed E-state index contributed by atoms with van der Waals surface area (Å²) in [5, 5.41) is 14.1. The standard InChI is InChI=1S/C27H32N4O3/c1-2-3-7-17-31-23(29-26(30-31)25(32)21-9-5-4-6-10-21)18-19-12-14-20(15-13-19)24-22(27(33)34)11-8-16-28-24/h8,11-16,21H,2-7,9-10,17-18H2,1H3,(H,33,34). The number of ketones is 1. The number of carboxylic acid groups (broad SMARTS) is 1. The maximum atomic E-state index is 13.0. The number of nitrogens with zero attached hydrogens (tertiary/aromatic N) is 4. The van der Waals surface area contributed by atoms with Crippen molar-refractivity contribution in [2.24, 2.45) is 5.92 Å². The van der Waals surface area contributed by atoms with Crippen molar-refractivity contribution in [3.63, 3.8) is 0 Å². The molecule has 1 aromatic carbocycles. The maximum absolute atomic E-state index is 13.0. The van der Waals surface area contributed by atoms with Gasteiger partial charge in [-0.25, -0.2) is 14.5 Å². The predicted octanol–water partition coefficient (Wildman–Crippen LogP) is 5.58. The van der Waals surface area contributed by atoms with E-state index >= 15 is 0 Å². The molecule has 7 nitrogen and oxygen atoms in total. The monoisotopic (exact) mass is 460 g/mol. The van der Waals surface area contributed by atoms with Gasteiger partial charge in [-0.3, -0.25) is 9.78 Å². The number of aromatic carboxylic acids is 1. The van der Waals surface area contributed by atoms with Crippen LogP contribution in [-0.4, -0.2) is 36.6 Å². The van der Waals surface area contributed by atoms with Gasteiger partial charge in [0.15, 0.2) is 0 Å². The van der Waals surface area contributed by atoms with Gasteiger partial charge in [-0.2, -0.15) is 0 Å². The van der Waals surface area contributed by atoms with Gasteiger partial charge < -0.3 is 5.11 Å². The number of hydrogen-bond acceptors (Lipinski definition) is 5. The van der Waals surface area contributed by atoms with Crippen LogP contribution in [0.3, 0.4) is 0 Å². The number of unbranched alkanes of at least 4 members (excludes halogenated alkanes) is 2. The lowest BCUT2D eigenvalue weighted by atomic mass is 9.86. The van der Waals surface area contributed by atoms with Crippen LogP contribution in [0, 0.1) is 5.92 Å². The van der Waals surface area contributed by atoms with E-state index in [1.54, 1.807) is 18.3 Å². The lowest BCUT2D eigenvalue weighted by Gasteiger charge is -2.18. The van der Waals surface area contributed by atoms with Gasteiger partial charge in [0, 0.05) is 30.6 Å². The van der Waals surface area contributed by atoms with Crippen LogP contribution in [0.2, 0.25) is 0 Å². The molecule has 0 bridgehead atoms. The average molecular weight is 461 g/mol. The summed E-state index contributed by atoms with van der Waals surface area (Å²) in [5.74, 6) is 0.292. The SMILES string of the molecule is CCCCCn1nc(C(=O)C2CCCCC2)nc1Cc1ccc(-c2ncccc2C(=O)O)cc1. The molecule has 4 rings (SSSR count). The van der Waals surface area contributed by atoms with Crippen molar-refractivity contribution in [1.82, 2.24) is 19.7 Å². The molecular weight excluding hydrogens is 428 g/mol. The Morgan fingerprint density at radius 3 is 2.53 bits per heavy atom. The third kappa shape index (κ3) is 5.58. The number of Topliss-reactive ketones (excluding diaryl/α,β-unsaturated/α-hetero) is 1. The van der Waals surface area contributed by atoms with Gasteiger partial charge in [0.05, 0.1) is 11.3 Å². The van der Waals surface area contributed by atoms with E-state index < -0.39 is 5.97 Å². The zero-order chi connectivity index (χ0) is 23.9. The highest BCUT2D eigenvalue weighted by atomic mass is 16.4. The van der Waals surface area contributed by atoms with Crippen LogP contribution in [0.15, 0.2) is 42.6 Å². The fourth-order valence-electron chi connectivity index (χ4n) is 4.62. The van der Waals surface area contributed by atoms with E-state index in [0.717, 1.165) is 68.4 Å². The maximum Gasteiger partial charge on any atom is 0.337 e. The normalized spacial score (nSPS) is 14.3. The van der Waals surface area contributed by atoms with Crippen LogP contribution < -0.4 is 0 Å². The topological polar surface area (TPSA) is 98.0 Å². The minimum atomic E-state index is -0.998. The summed E-state index contributed by atoms with van der Waals surface area (Å²) in [6, 6.07) is 10.9. The Morgan fingerprint density at radius 1 is 1.06 bits per heavy atom. The number of carbonyl (C=O) groups is 2. The zero-order valence-corrected chi connectivity index (χ0v) is 19.7. The second kappa shape index (κ2) is 11.2. The van der Waals surface area contributed by atoms with Crippen molar-refractivity contribution in [3.05, 3.63) is 65.4 Å². The number of pyridine rings is 1. The highest BCUT2D eigenvalue weighted by Crippen LogP contribution is 2.27. The summed E-state index contributed by atoms with van der Waals surface area (Å²) < 4.78 is 1.90. The Bertz CT molecular complexity index is 1130. The Labute approximate surface area is 200 Å². The summed E-state index contributed by atoms with van der Waals surface area (Å²) in [7, 11) is 0. The first-order chi connectivity index (χ1) is 16.6. The Morgan fingerprint density at radius 2 is 1.82 bits per heavy atom. The van der Waals surface area contributed by atoms with Gasteiger partial charge in [-0.1, -0.05) is 63.3 Å². The van der Waals surface area contributed by atoms with E-state index in [4.69, 9.17) is 0 Å². The molecule has 0 spiro atoms. The predicted molar refractivity (Wildman–Crippen MR) is 130 cm³/mol. The van der Waals surface area contributed by atoms with Gasteiger partial charge in [-0.05, 0) is 37.0 Å². The van der Waals surface area contributed by atoms with Gasteiger partial charge in [0.1, 0.15) is 5.82 Å². The van der Waals surface area contributed by atoms with Crippen molar-refractivity contribution in [1.29, 1.82) is 0 Å². The summed E-state index contributed by atoms with van der Waals surface area (Å²) in [6.07, 6.45) is 10.7. The first kappa shape index (κ1) is 23.8. The molecule has 1 fully saturated rings. The molecule has 34 heavy (non-hydrogen) atoms. The third-order valence-corrected chi connectivity index (χ3v) is 6.55. The molecule has 0 unspecified atom stereocenters. The third-order valence-electron chi connectivity index (χ3n) is 6.55. The molecule has 1 saturated carbocycles. The minimum Gasteiger partial charge on any atom is -0.478 e. The molecule has 2 aromatic heterocycles. The molecule has 0 amide bonds. The van der Waals surface area contributed by atoms with Crippen LogP contribution in [0.5, 0.6) is 0 Å². The van der Waals surface area contributed by atoms with Crippen LogP contribution >= 0.6 is 0 Å². The number of hydrogen-bond donors (Lipinski definition) is 1. The van der Waals surface area contributed by atoms with Gasteiger partial charge >= 0.3 is 5.97 Å². The Hall–Kier alpha value is -3.35. The first-order valence-corrected chi connectivity index (χ1v) is 12.3. The molecule has 1 N–H and O–H groups in total. The van der Waals surface area contributed by atoms with Crippen molar-refractivity contribution in [2.45, 2.75) is 71.3 Å². The summed E-state index contributed by atoms with van der Waals surface area (Å²) in [6.45, 7) is 2.92. The average Bonchev–Trinajstić information content (AvgIpc) is 3.27. The second-order valence-corrected chi connectivity index (χ2v) is 9.06. The fraction of sp³-hybridized carbons (Fsp3) is 0.444. The summed E-state index contributed by atoms with van der Waals surface area (Å²) in [5.41, 5.74) is 2.40. The number of benzene rings is 1. The molecule has 2 heterocycles. The number of aryl methyl sites for hydroxylation is 1. The van der Waals surface area contributed by atoms with Crippen molar-refractivity contribution in [2.75, 3.05) is 0 Å². The van der Waals surface area contributed by atoms with E-state index in [1.165, 1.54) is 6.42 Å². The minimum absolute atomic E-state index is 0.0502. The number of aromatic nitrogens is 4. The van der Waals surface area contributed by atoms with Gasteiger partial charge in [0.25, 0.3) is 0 Å². The zero-order valence-electron chi connectivity index (χ0n) is 19.7. The van der Waals surface area contributed by atoms with Crippen molar-refractivity contribution >= 4 is 11.8 Å². The van der Waals surface area contributed by atoms with E-state index in [2.05, 4.69) is 22.0 Å². The quantitative estimate of drug-likeness (QED) is 0.313. The van der Waals surface area contributed by atoms with Gasteiger partial charge in [-0.15, -0.1) is 5.10 Å². The van der Waals surface area contributed by atoms with Crippen LogP contribution in [-0.2, 0) is 13.0 Å². The molecule has 0 aliphatic heterocycles. The molecule has 0 saturated heterocycles. The largest absolute Gasteiger partial charge is 0.478 e. The molecule has 1 aliphatic carbocycles. The highest BCUT2D eigenvalue weighted by molar-refractivity contribution is 5.95. The lowest BCUT2D eigenvalue weighted by Crippen LogP contribution is -2.19. The van der Waals surface area contributed by atoms with E-state index in [-0.39, 0.29) is 17.3 Å². The van der Waals surface area contributed by atoms with Crippen LogP contribution in [0.4, 0.5) is 0 Å². The van der Waals surface area contributed by atoms with E-state index in [1.807, 2.05) is 28.9 Å². The van der Waals surface area contributed by atoms with E-state index in [0.29, 0.717) is 17.9 Å². The molecule has 3 aromatic rings. The Kier molecular flexibility index (Phi) is 7.83. The van der Waals surface area contributed by atoms with Gasteiger partial charge in [0.2, 0.25) is 11.6 Å². The van der Waals surface area contributed by atoms with Crippen LogP contribution in [0.1, 0.15) is 90.7 Å². The highest BCUT2D eigenvalue weighted by Gasteiger charge is 2.26. The van der Waals surface area contributed by atoms with E-state index in [9.17, 15) is 14.7 Å². The molecule has 0 radical (unpaired) electrons. The first-order valence-electron chi connectivity index (χ1n) is 12.3. The van der Waals surface area contributed by atoms with Crippen molar-refractivity contribution < 1.29 is 14.7 Å². The Balaban J connectivity index is 1.55. The molecule has 0 atom stereocenters. The summed E-state index contributed by atoms with van der Waals surface area (Å²) >= 11 is 0. The van der Waals surface area contributed by atoms with Crippen LogP contribution in [0.25, 0.3) is 11.3 Å². The molecule has 7 heteroatoms. The second-order valence-electron chi connectivity index (χ2n) is 9.06. The number of carboxylic acids is 1. The molecule has 178 valence electrons.